The Bertz CT molecular complexity index is 136. The Kier molecular flexibility index (Phi) is 3.43. The largest absolute Gasteiger partial charge is 0.225 e. The molecule has 1 unspecified atom stereocenters. The Labute approximate surface area is 72.6 Å². The van der Waals surface area contributed by atoms with E-state index in [9.17, 15) is 4.21 Å². The third-order valence-corrected chi connectivity index (χ3v) is 3.38. The van der Waals surface area contributed by atoms with Crippen LogP contribution in [0.25, 0.3) is 0 Å². The Hall–Kier alpha value is 0.690. The number of piperidine rings is 1. The van der Waals surface area contributed by atoms with Crippen molar-refractivity contribution in [1.82, 2.24) is 4.31 Å². The first-order valence-corrected chi connectivity index (χ1v) is 5.54. The van der Waals surface area contributed by atoms with Crippen LogP contribution in [0.1, 0.15) is 12.8 Å². The molecule has 0 aromatic carbocycles. The number of nitrogens with zero attached hydrogens (tertiary/aromatic N) is 1. The highest BCUT2D eigenvalue weighted by Gasteiger charge is 2.19. The van der Waals surface area contributed by atoms with Gasteiger partial charge in [-0.05, 0) is 12.8 Å². The molecule has 5 heteroatoms. The lowest BCUT2D eigenvalue weighted by atomic mass is 10.2. The van der Waals surface area contributed by atoms with Gasteiger partial charge in [0.15, 0.2) is 10.2 Å². The van der Waals surface area contributed by atoms with Gasteiger partial charge in [0.1, 0.15) is 0 Å². The lowest BCUT2D eigenvalue weighted by Gasteiger charge is -2.25. The highest BCUT2D eigenvalue weighted by Crippen LogP contribution is 2.17. The summed E-state index contributed by atoms with van der Waals surface area (Å²) >= 11 is 5.82. The van der Waals surface area contributed by atoms with Crippen molar-refractivity contribution in [2.45, 2.75) is 18.2 Å². The smallest absolute Gasteiger partial charge is 0.192 e. The predicted molar refractivity (Wildman–Crippen MR) is 44.4 cm³/mol. The van der Waals surface area contributed by atoms with Gasteiger partial charge in [-0.3, -0.25) is 0 Å². The molecular weight excluding hydrogens is 193 g/mol. The summed E-state index contributed by atoms with van der Waals surface area (Å²) in [6.07, 6.45) is 1.78. The van der Waals surface area contributed by atoms with Gasteiger partial charge in [-0.15, -0.1) is 11.6 Å². The predicted octanol–water partition coefficient (Wildman–Crippen LogP) is 1.51. The quantitative estimate of drug-likeness (QED) is 0.466. The number of rotatable bonds is 1. The van der Waals surface area contributed by atoms with Crippen LogP contribution in [0.4, 0.5) is 0 Å². The van der Waals surface area contributed by atoms with Crippen LogP contribution < -0.4 is 0 Å². The van der Waals surface area contributed by atoms with Gasteiger partial charge in [0, 0.05) is 29.1 Å². The zero-order valence-corrected chi connectivity index (χ0v) is 7.75. The molecule has 1 aliphatic rings. The molecule has 0 aromatic rings. The molecular formula is C5H9Cl2NOS. The Morgan fingerprint density at radius 3 is 2.30 bits per heavy atom. The van der Waals surface area contributed by atoms with Gasteiger partial charge < -0.3 is 0 Å². The highest BCUT2D eigenvalue weighted by molar-refractivity contribution is 8.06. The second-order valence-electron chi connectivity index (χ2n) is 2.31. The van der Waals surface area contributed by atoms with Crippen molar-refractivity contribution in [1.29, 1.82) is 0 Å². The van der Waals surface area contributed by atoms with Gasteiger partial charge in [0.25, 0.3) is 0 Å². The summed E-state index contributed by atoms with van der Waals surface area (Å²) < 4.78 is 12.4. The second kappa shape index (κ2) is 3.90. The molecule has 0 bridgehead atoms. The Morgan fingerprint density at radius 2 is 1.90 bits per heavy atom. The lowest BCUT2D eigenvalue weighted by Crippen LogP contribution is -2.33. The van der Waals surface area contributed by atoms with Gasteiger partial charge >= 0.3 is 0 Å². The number of hydrogen-bond acceptors (Lipinski definition) is 1. The Balaban J connectivity index is 2.33. The molecule has 1 atom stereocenters. The molecule has 1 heterocycles. The van der Waals surface area contributed by atoms with Crippen molar-refractivity contribution < 1.29 is 4.21 Å². The average molecular weight is 202 g/mol. The maximum Gasteiger partial charge on any atom is 0.192 e. The van der Waals surface area contributed by atoms with Crippen molar-refractivity contribution >= 4 is 32.5 Å². The summed E-state index contributed by atoms with van der Waals surface area (Å²) in [5.74, 6) is 0. The van der Waals surface area contributed by atoms with E-state index in [-0.39, 0.29) is 5.38 Å². The molecule has 0 aliphatic carbocycles. The maximum absolute atomic E-state index is 10.7. The first-order chi connectivity index (χ1) is 4.70. The Morgan fingerprint density at radius 1 is 1.40 bits per heavy atom. The molecule has 0 spiro atoms. The van der Waals surface area contributed by atoms with E-state index in [1.165, 1.54) is 0 Å². The van der Waals surface area contributed by atoms with E-state index >= 15 is 0 Å². The van der Waals surface area contributed by atoms with E-state index in [2.05, 4.69) is 0 Å². The maximum atomic E-state index is 10.7. The van der Waals surface area contributed by atoms with Crippen molar-refractivity contribution in [2.75, 3.05) is 13.1 Å². The summed E-state index contributed by atoms with van der Waals surface area (Å²) in [4.78, 5) is 0. The fraction of sp³-hybridized carbons (Fsp3) is 1.00. The van der Waals surface area contributed by atoms with Crippen molar-refractivity contribution in [2.24, 2.45) is 0 Å². The molecule has 1 saturated heterocycles. The fourth-order valence-electron chi connectivity index (χ4n) is 0.968. The van der Waals surface area contributed by atoms with Crippen LogP contribution in [-0.2, 0) is 10.2 Å². The van der Waals surface area contributed by atoms with Gasteiger partial charge in [0.2, 0.25) is 0 Å². The molecule has 10 heavy (non-hydrogen) atoms. The van der Waals surface area contributed by atoms with Crippen molar-refractivity contribution in [3.8, 4) is 0 Å². The topological polar surface area (TPSA) is 20.3 Å². The summed E-state index contributed by atoms with van der Waals surface area (Å²) in [6.45, 7) is 1.51. The summed E-state index contributed by atoms with van der Waals surface area (Å²) in [6, 6.07) is 0. The third-order valence-electron chi connectivity index (χ3n) is 1.59. The van der Waals surface area contributed by atoms with Crippen LogP contribution in [0.2, 0.25) is 0 Å². The molecule has 1 rings (SSSR count). The van der Waals surface area contributed by atoms with E-state index in [0.717, 1.165) is 25.9 Å². The van der Waals surface area contributed by atoms with Crippen LogP contribution in [0.3, 0.4) is 0 Å². The van der Waals surface area contributed by atoms with E-state index < -0.39 is 10.2 Å². The van der Waals surface area contributed by atoms with Crippen LogP contribution in [-0.4, -0.2) is 27.0 Å². The number of halogens is 2. The van der Waals surface area contributed by atoms with Crippen molar-refractivity contribution in [3.05, 3.63) is 0 Å². The highest BCUT2D eigenvalue weighted by atomic mass is 35.7. The van der Waals surface area contributed by atoms with E-state index in [1.54, 1.807) is 4.31 Å². The molecule has 1 aliphatic heterocycles. The molecule has 0 aromatic heterocycles. The van der Waals surface area contributed by atoms with Crippen LogP contribution in [0.5, 0.6) is 0 Å². The summed E-state index contributed by atoms with van der Waals surface area (Å²) in [5, 5.41) is 0.247. The van der Waals surface area contributed by atoms with E-state index in [4.69, 9.17) is 22.3 Å². The van der Waals surface area contributed by atoms with Crippen LogP contribution in [0, 0.1) is 0 Å². The van der Waals surface area contributed by atoms with Gasteiger partial charge in [0.05, 0.1) is 0 Å². The zero-order chi connectivity index (χ0) is 7.56. The summed E-state index contributed by atoms with van der Waals surface area (Å²) in [7, 11) is 4.04. The SMILES string of the molecule is O=S(Cl)N1CCC(Cl)CC1. The third kappa shape index (κ3) is 2.38. The number of alkyl halides is 1. The normalized spacial score (nSPS) is 26.6. The first-order valence-electron chi connectivity index (χ1n) is 3.17. The van der Waals surface area contributed by atoms with Crippen LogP contribution in [0.15, 0.2) is 0 Å². The second-order valence-corrected chi connectivity index (χ2v) is 4.65. The molecule has 0 saturated carbocycles. The minimum absolute atomic E-state index is 0.247. The number of hydrogen-bond donors (Lipinski definition) is 0. The van der Waals surface area contributed by atoms with E-state index in [0.29, 0.717) is 0 Å². The zero-order valence-electron chi connectivity index (χ0n) is 5.43. The minimum Gasteiger partial charge on any atom is -0.225 e. The summed E-state index contributed by atoms with van der Waals surface area (Å²) in [5.41, 5.74) is 0. The fourth-order valence-corrected chi connectivity index (χ4v) is 2.07. The molecule has 0 amide bonds. The first kappa shape index (κ1) is 8.78. The van der Waals surface area contributed by atoms with Gasteiger partial charge in [-0.2, -0.15) is 0 Å². The van der Waals surface area contributed by atoms with Gasteiger partial charge in [-0.1, -0.05) is 0 Å². The lowest BCUT2D eigenvalue weighted by molar-refractivity contribution is 0.374. The average Bonchev–Trinajstić information content (AvgIpc) is 1.88. The molecule has 0 N–H and O–H groups in total. The molecule has 0 radical (unpaired) electrons. The molecule has 60 valence electrons. The van der Waals surface area contributed by atoms with E-state index in [1.807, 2.05) is 0 Å². The molecule has 2 nitrogen and oxygen atoms in total. The van der Waals surface area contributed by atoms with Gasteiger partial charge in [-0.25, -0.2) is 8.51 Å². The van der Waals surface area contributed by atoms with Crippen molar-refractivity contribution in [3.63, 3.8) is 0 Å². The minimum atomic E-state index is -1.32. The monoisotopic (exact) mass is 201 g/mol. The standard InChI is InChI=1S/C5H9Cl2NOS/c6-5-1-3-8(4-2-5)10(7)9/h5H,1-4H2. The molecule has 1 fully saturated rings. The van der Waals surface area contributed by atoms with Crippen LogP contribution >= 0.6 is 22.3 Å².